The molecule has 8 bridgehead atoms. The summed E-state index contributed by atoms with van der Waals surface area (Å²) in [7, 11) is 2.64. The number of nitrogen functional groups attached to an aromatic ring is 2. The Labute approximate surface area is 421 Å². The molecule has 6 aromatic rings. The van der Waals surface area contributed by atoms with Crippen LogP contribution >= 0.6 is 0 Å². The number of hydrogen-bond acceptors (Lipinski definition) is 18. The number of benzene rings is 4. The van der Waals surface area contributed by atoms with Gasteiger partial charge >= 0.3 is 11.9 Å². The van der Waals surface area contributed by atoms with Crippen molar-refractivity contribution in [3.63, 3.8) is 0 Å². The zero-order valence-corrected chi connectivity index (χ0v) is 42.5. The molecule has 0 fully saturated rings. The molecule has 2 heterocycles. The molecule has 6 N–H and O–H groups in total. The molecule has 18 heteroatoms. The van der Waals surface area contributed by atoms with Crippen molar-refractivity contribution < 1.29 is 38.0 Å². The number of carbonyl (C=O) groups excluding carboxylic acids is 2. The van der Waals surface area contributed by atoms with E-state index in [4.69, 9.17) is 49.9 Å². The van der Waals surface area contributed by atoms with Gasteiger partial charge < -0.3 is 50.5 Å². The Morgan fingerprint density at radius 1 is 0.486 bits per heavy atom. The maximum atomic E-state index is 12.4. The number of para-hydroxylation sites is 2. The Morgan fingerprint density at radius 2 is 0.778 bits per heavy atom. The highest BCUT2D eigenvalue weighted by Gasteiger charge is 2.26. The number of esters is 2. The summed E-state index contributed by atoms with van der Waals surface area (Å²) < 4.78 is 37.0. The van der Waals surface area contributed by atoms with Crippen LogP contribution in [0.5, 0.6) is 23.0 Å². The van der Waals surface area contributed by atoms with Crippen LogP contribution in [-0.4, -0.2) is 94.6 Å². The van der Waals surface area contributed by atoms with Crippen molar-refractivity contribution in [2.24, 2.45) is 0 Å². The highest BCUT2D eigenvalue weighted by molar-refractivity contribution is 5.79. The summed E-state index contributed by atoms with van der Waals surface area (Å²) in [5.74, 6) is 2.83. The Kier molecular flexibility index (Phi) is 17.6. The van der Waals surface area contributed by atoms with Gasteiger partial charge in [-0.25, -0.2) is 9.59 Å². The van der Waals surface area contributed by atoms with Gasteiger partial charge in [-0.3, -0.25) is 0 Å². The molecule has 1 aliphatic rings. The second-order valence-electron chi connectivity index (χ2n) is 17.6. The zero-order valence-electron chi connectivity index (χ0n) is 42.5. The monoisotopic (exact) mass is 983 g/mol. The summed E-state index contributed by atoms with van der Waals surface area (Å²) in [4.78, 5) is 52.2. The van der Waals surface area contributed by atoms with Crippen LogP contribution in [0.4, 0.5) is 23.8 Å². The third-order valence-corrected chi connectivity index (χ3v) is 11.8. The quantitative estimate of drug-likeness (QED) is 0.0524. The van der Waals surface area contributed by atoms with E-state index < -0.39 is 24.0 Å². The lowest BCUT2D eigenvalue weighted by Crippen LogP contribution is -2.28. The maximum Gasteiger partial charge on any atom is 0.328 e. The molecule has 2 atom stereocenters. The number of methoxy groups -OCH3 is 2. The van der Waals surface area contributed by atoms with Crippen molar-refractivity contribution in [1.82, 2.24) is 29.9 Å². The molecular weight excluding hydrogens is 917 g/mol. The van der Waals surface area contributed by atoms with E-state index >= 15 is 0 Å². The standard InChI is InChI=1S/C54H66N10O8/c1-9-19-69-43-33-15-13-16-34(43)24-38-28-42(48-60-52(56)64-54(62-48)58-32(6)50(66)68-8)30-40(46(38)72-22-12-4)26-36-18-14-17-35(44(36)70-20-10-2)25-39-29-41(27-37(23-33)45(39)71-21-11-3)47-59-51(55)63-53(61-47)57-31(5)49(65)67-7/h13-18,27-32H,9-12,19-26H2,1-8H3,(H3,55,57,59,61,63)(H3,56,58,60,62,64)/t31-,32-/m0/s1. The first-order valence-electron chi connectivity index (χ1n) is 24.6. The number of hydrogen-bond donors (Lipinski definition) is 4. The molecule has 0 aliphatic heterocycles. The van der Waals surface area contributed by atoms with E-state index in [1.807, 2.05) is 36.4 Å². The Balaban J connectivity index is 1.50. The Bertz CT molecular complexity index is 2600. The minimum atomic E-state index is -0.751. The van der Waals surface area contributed by atoms with E-state index in [0.29, 0.717) is 74.9 Å². The minimum Gasteiger partial charge on any atom is -0.493 e. The van der Waals surface area contributed by atoms with Gasteiger partial charge in [0.1, 0.15) is 35.1 Å². The fourth-order valence-corrected chi connectivity index (χ4v) is 8.53. The lowest BCUT2D eigenvalue weighted by molar-refractivity contribution is -0.141. The number of nitrogens with one attached hydrogen (secondary N) is 2. The van der Waals surface area contributed by atoms with Gasteiger partial charge in [0.15, 0.2) is 11.6 Å². The Hall–Kier alpha value is -7.76. The summed E-state index contributed by atoms with van der Waals surface area (Å²) in [5.41, 5.74) is 21.3. The topological polar surface area (TPSA) is 243 Å². The second-order valence-corrected chi connectivity index (χ2v) is 17.6. The van der Waals surface area contributed by atoms with E-state index in [2.05, 4.69) is 82.5 Å². The van der Waals surface area contributed by atoms with E-state index in [9.17, 15) is 9.59 Å². The molecule has 1 aliphatic carbocycles. The van der Waals surface area contributed by atoms with Crippen molar-refractivity contribution in [3.8, 4) is 45.8 Å². The molecule has 2 aromatic heterocycles. The molecule has 0 saturated carbocycles. The third kappa shape index (κ3) is 12.6. The van der Waals surface area contributed by atoms with Crippen LogP contribution in [0.3, 0.4) is 0 Å². The predicted molar refractivity (Wildman–Crippen MR) is 277 cm³/mol. The number of ether oxygens (including phenoxy) is 6. The molecule has 7 rings (SSSR count). The highest BCUT2D eigenvalue weighted by atomic mass is 16.5. The van der Waals surface area contributed by atoms with Gasteiger partial charge in [-0.15, -0.1) is 0 Å². The van der Waals surface area contributed by atoms with Crippen LogP contribution in [-0.2, 0) is 44.7 Å². The first kappa shape index (κ1) is 52.1. The van der Waals surface area contributed by atoms with Crippen LogP contribution < -0.4 is 41.0 Å². The maximum absolute atomic E-state index is 12.4. The number of aromatic nitrogens is 6. The van der Waals surface area contributed by atoms with Gasteiger partial charge in [0, 0.05) is 36.8 Å². The predicted octanol–water partition coefficient (Wildman–Crippen LogP) is 8.33. The molecule has 0 saturated heterocycles. The summed E-state index contributed by atoms with van der Waals surface area (Å²) in [5, 5.41) is 6.03. The van der Waals surface area contributed by atoms with Crippen molar-refractivity contribution >= 4 is 35.7 Å². The van der Waals surface area contributed by atoms with Crippen LogP contribution in [0.15, 0.2) is 60.7 Å². The highest BCUT2D eigenvalue weighted by Crippen LogP contribution is 2.42. The first-order valence-corrected chi connectivity index (χ1v) is 24.6. The Morgan fingerprint density at radius 3 is 1.06 bits per heavy atom. The van der Waals surface area contributed by atoms with E-state index in [0.717, 1.165) is 93.2 Å². The molecule has 0 spiro atoms. The first-order chi connectivity index (χ1) is 34.9. The lowest BCUT2D eigenvalue weighted by atomic mass is 9.89. The molecular formula is C54H66N10O8. The summed E-state index contributed by atoms with van der Waals surface area (Å²) in [6.45, 7) is 13.5. The normalized spacial score (nSPS) is 12.8. The summed E-state index contributed by atoms with van der Waals surface area (Å²) in [6, 6.07) is 19.0. The van der Waals surface area contributed by atoms with Gasteiger partial charge in [0.25, 0.3) is 0 Å². The number of fused-ring (bicyclic) bond motifs is 8. The van der Waals surface area contributed by atoms with Crippen LogP contribution in [0.25, 0.3) is 22.8 Å². The van der Waals surface area contributed by atoms with E-state index in [1.165, 1.54) is 14.2 Å². The van der Waals surface area contributed by atoms with E-state index in [-0.39, 0.29) is 23.8 Å². The summed E-state index contributed by atoms with van der Waals surface area (Å²) >= 11 is 0. The largest absolute Gasteiger partial charge is 0.493 e. The number of nitrogens with two attached hydrogens (primary N) is 2. The molecule has 0 radical (unpaired) electrons. The number of rotatable bonds is 20. The number of carbonyl (C=O) groups is 2. The third-order valence-electron chi connectivity index (χ3n) is 11.8. The fourth-order valence-electron chi connectivity index (χ4n) is 8.53. The fraction of sp³-hybridized carbons (Fsp3) is 0.407. The van der Waals surface area contributed by atoms with Crippen LogP contribution in [0, 0.1) is 0 Å². The van der Waals surface area contributed by atoms with Crippen molar-refractivity contribution in [2.45, 2.75) is 105 Å². The lowest BCUT2D eigenvalue weighted by Gasteiger charge is -2.24. The van der Waals surface area contributed by atoms with Gasteiger partial charge in [0.2, 0.25) is 23.8 Å². The average molecular weight is 983 g/mol. The molecule has 72 heavy (non-hydrogen) atoms. The SMILES string of the molecule is CCCOc1c2cccc1Cc1cc(-c3nc(N)nc(N[C@@H](C)C(=O)OC)n3)cc(c1OCCC)Cc1cccc(c1OCCC)Cc1cc(-c3nc(N)nc(N[C@@H](C)C(=O)OC)n3)cc(c1OCCC)C2. The number of anilines is 4. The molecule has 0 amide bonds. The number of nitrogens with zero attached hydrogens (tertiary/aromatic N) is 6. The van der Waals surface area contributed by atoms with Crippen molar-refractivity contribution in [3.05, 3.63) is 105 Å². The molecule has 18 nitrogen and oxygen atoms in total. The minimum absolute atomic E-state index is 0.0211. The van der Waals surface area contributed by atoms with Crippen molar-refractivity contribution in [1.29, 1.82) is 0 Å². The molecule has 380 valence electrons. The van der Waals surface area contributed by atoms with Crippen LogP contribution in [0.2, 0.25) is 0 Å². The average Bonchev–Trinajstić information content (AvgIpc) is 3.36. The second kappa shape index (κ2) is 24.4. The van der Waals surface area contributed by atoms with Gasteiger partial charge in [-0.2, -0.15) is 29.9 Å². The van der Waals surface area contributed by atoms with Gasteiger partial charge in [-0.1, -0.05) is 64.1 Å². The smallest absolute Gasteiger partial charge is 0.328 e. The summed E-state index contributed by atoms with van der Waals surface area (Å²) in [6.07, 6.45) is 4.75. The van der Waals surface area contributed by atoms with E-state index in [1.54, 1.807) is 13.8 Å². The molecule has 0 unspecified atom stereocenters. The zero-order chi connectivity index (χ0) is 51.3. The van der Waals surface area contributed by atoms with Gasteiger partial charge in [-0.05, 0) is 108 Å². The van der Waals surface area contributed by atoms with Crippen LogP contribution in [0.1, 0.15) is 112 Å². The molecule has 4 aromatic carbocycles. The van der Waals surface area contributed by atoms with Crippen molar-refractivity contribution in [2.75, 3.05) is 62.7 Å². The van der Waals surface area contributed by atoms with Gasteiger partial charge in [0.05, 0.1) is 40.6 Å².